The first-order valence-electron chi connectivity index (χ1n) is 5.90. The van der Waals surface area contributed by atoms with Crippen LogP contribution in [0.1, 0.15) is 11.1 Å². The molecule has 0 heterocycles. The minimum Gasteiger partial charge on any atom is -0.508 e. The molecule has 0 atom stereocenters. The van der Waals surface area contributed by atoms with Crippen molar-refractivity contribution < 1.29 is 19.7 Å². The van der Waals surface area contributed by atoms with E-state index in [0.29, 0.717) is 19.0 Å². The molecule has 2 rings (SSSR count). The minimum atomic E-state index is 0.116. The highest BCUT2D eigenvalue weighted by atomic mass is 16.5. The standard InChI is InChI=1S/C15H16O4/c1-18-15-8-12(4-7-14(15)17)10-19-9-11-2-5-13(16)6-3-11/h2-8,16-17H,9-10H2,1H3. The number of phenols is 2. The lowest BCUT2D eigenvalue weighted by atomic mass is 10.2. The van der Waals surface area contributed by atoms with E-state index in [1.165, 1.54) is 7.11 Å². The van der Waals surface area contributed by atoms with Gasteiger partial charge in [-0.05, 0) is 35.4 Å². The van der Waals surface area contributed by atoms with E-state index in [1.807, 2.05) is 12.1 Å². The molecular formula is C15H16O4. The van der Waals surface area contributed by atoms with Crippen molar-refractivity contribution in [1.29, 1.82) is 0 Å². The zero-order valence-corrected chi connectivity index (χ0v) is 10.7. The van der Waals surface area contributed by atoms with Gasteiger partial charge in [0.2, 0.25) is 0 Å². The molecule has 0 saturated heterocycles. The van der Waals surface area contributed by atoms with Crippen LogP contribution in [0, 0.1) is 0 Å². The second kappa shape index (κ2) is 6.11. The van der Waals surface area contributed by atoms with Gasteiger partial charge < -0.3 is 19.7 Å². The third kappa shape index (κ3) is 3.63. The summed E-state index contributed by atoms with van der Waals surface area (Å²) in [5, 5.41) is 18.6. The minimum absolute atomic E-state index is 0.116. The van der Waals surface area contributed by atoms with Gasteiger partial charge in [0.05, 0.1) is 20.3 Å². The fourth-order valence-electron chi connectivity index (χ4n) is 1.69. The van der Waals surface area contributed by atoms with Crippen LogP contribution >= 0.6 is 0 Å². The van der Waals surface area contributed by atoms with Crippen LogP contribution in [0.3, 0.4) is 0 Å². The summed E-state index contributed by atoms with van der Waals surface area (Å²) in [6, 6.07) is 12.0. The van der Waals surface area contributed by atoms with Crippen LogP contribution in [0.5, 0.6) is 17.2 Å². The monoisotopic (exact) mass is 260 g/mol. The van der Waals surface area contributed by atoms with Crippen LogP contribution in [0.15, 0.2) is 42.5 Å². The molecule has 0 saturated carbocycles. The van der Waals surface area contributed by atoms with Crippen molar-refractivity contribution in [1.82, 2.24) is 0 Å². The Labute approximate surface area is 111 Å². The molecule has 2 aromatic carbocycles. The molecule has 0 amide bonds. The molecule has 0 radical (unpaired) electrons. The van der Waals surface area contributed by atoms with E-state index in [0.717, 1.165) is 11.1 Å². The zero-order chi connectivity index (χ0) is 13.7. The molecule has 0 unspecified atom stereocenters. The van der Waals surface area contributed by atoms with Gasteiger partial charge in [0, 0.05) is 0 Å². The maximum absolute atomic E-state index is 9.47. The molecule has 4 nitrogen and oxygen atoms in total. The van der Waals surface area contributed by atoms with Crippen LogP contribution in [0.25, 0.3) is 0 Å². The summed E-state index contributed by atoms with van der Waals surface area (Å²) >= 11 is 0. The molecule has 0 aliphatic heterocycles. The molecule has 0 bridgehead atoms. The van der Waals surface area contributed by atoms with Gasteiger partial charge in [-0.3, -0.25) is 0 Å². The quantitative estimate of drug-likeness (QED) is 0.868. The van der Waals surface area contributed by atoms with Crippen LogP contribution in [-0.2, 0) is 18.0 Å². The molecule has 19 heavy (non-hydrogen) atoms. The van der Waals surface area contributed by atoms with E-state index < -0.39 is 0 Å². The van der Waals surface area contributed by atoms with Crippen molar-refractivity contribution in [2.45, 2.75) is 13.2 Å². The first-order valence-corrected chi connectivity index (χ1v) is 5.90. The first-order chi connectivity index (χ1) is 9.19. The number of hydrogen-bond donors (Lipinski definition) is 2. The summed E-state index contributed by atoms with van der Waals surface area (Å²) in [5.41, 5.74) is 1.91. The molecule has 100 valence electrons. The Morgan fingerprint density at radius 2 is 1.53 bits per heavy atom. The first kappa shape index (κ1) is 13.2. The third-order valence-electron chi connectivity index (χ3n) is 2.72. The lowest BCUT2D eigenvalue weighted by Crippen LogP contribution is -1.95. The second-order valence-corrected chi connectivity index (χ2v) is 4.17. The van der Waals surface area contributed by atoms with E-state index in [1.54, 1.807) is 30.3 Å². The number of methoxy groups -OCH3 is 1. The average Bonchev–Trinajstić information content (AvgIpc) is 2.43. The van der Waals surface area contributed by atoms with Crippen molar-refractivity contribution in [2.24, 2.45) is 0 Å². The number of phenolic OH excluding ortho intramolecular Hbond substituents is 2. The number of hydrogen-bond acceptors (Lipinski definition) is 4. The lowest BCUT2D eigenvalue weighted by Gasteiger charge is -2.08. The van der Waals surface area contributed by atoms with Crippen LogP contribution in [0.4, 0.5) is 0 Å². The molecule has 4 heteroatoms. The number of ether oxygens (including phenoxy) is 2. The van der Waals surface area contributed by atoms with Gasteiger partial charge in [-0.25, -0.2) is 0 Å². The maximum atomic E-state index is 9.47. The molecule has 0 spiro atoms. The van der Waals surface area contributed by atoms with Crippen molar-refractivity contribution in [2.75, 3.05) is 7.11 Å². The summed E-state index contributed by atoms with van der Waals surface area (Å²) in [4.78, 5) is 0. The Bertz CT molecular complexity index is 534. The molecular weight excluding hydrogens is 244 g/mol. The highest BCUT2D eigenvalue weighted by molar-refractivity contribution is 5.41. The third-order valence-corrected chi connectivity index (χ3v) is 2.72. The molecule has 0 aliphatic carbocycles. The van der Waals surface area contributed by atoms with Crippen molar-refractivity contribution >= 4 is 0 Å². The van der Waals surface area contributed by atoms with Gasteiger partial charge in [-0.15, -0.1) is 0 Å². The normalized spacial score (nSPS) is 10.4. The largest absolute Gasteiger partial charge is 0.508 e. The Kier molecular flexibility index (Phi) is 4.26. The summed E-state index contributed by atoms with van der Waals surface area (Å²) in [6.45, 7) is 0.890. The van der Waals surface area contributed by atoms with Gasteiger partial charge in [0.15, 0.2) is 11.5 Å². The summed E-state index contributed by atoms with van der Waals surface area (Å²) in [7, 11) is 1.51. The molecule has 0 aliphatic rings. The molecule has 2 aromatic rings. The smallest absolute Gasteiger partial charge is 0.160 e. The van der Waals surface area contributed by atoms with Gasteiger partial charge >= 0.3 is 0 Å². The molecule has 2 N–H and O–H groups in total. The Morgan fingerprint density at radius 1 is 0.895 bits per heavy atom. The summed E-state index contributed by atoms with van der Waals surface area (Å²) in [6.07, 6.45) is 0. The Hall–Kier alpha value is -2.20. The topological polar surface area (TPSA) is 58.9 Å². The van der Waals surface area contributed by atoms with Crippen molar-refractivity contribution in [3.8, 4) is 17.2 Å². The van der Waals surface area contributed by atoms with E-state index in [9.17, 15) is 5.11 Å². The fraction of sp³-hybridized carbons (Fsp3) is 0.200. The van der Waals surface area contributed by atoms with Gasteiger partial charge in [0.25, 0.3) is 0 Å². The molecule has 0 aromatic heterocycles. The number of aromatic hydroxyl groups is 2. The lowest BCUT2D eigenvalue weighted by molar-refractivity contribution is 0.107. The van der Waals surface area contributed by atoms with Crippen LogP contribution in [-0.4, -0.2) is 17.3 Å². The number of rotatable bonds is 5. The summed E-state index contributed by atoms with van der Waals surface area (Å²) < 4.78 is 10.6. The maximum Gasteiger partial charge on any atom is 0.160 e. The predicted octanol–water partition coefficient (Wildman–Crippen LogP) is 2.82. The average molecular weight is 260 g/mol. The summed E-state index contributed by atoms with van der Waals surface area (Å²) in [5.74, 6) is 0.794. The van der Waals surface area contributed by atoms with Crippen LogP contribution < -0.4 is 4.74 Å². The highest BCUT2D eigenvalue weighted by Crippen LogP contribution is 2.26. The van der Waals surface area contributed by atoms with Crippen molar-refractivity contribution in [3.63, 3.8) is 0 Å². The SMILES string of the molecule is COc1cc(COCc2ccc(O)cc2)ccc1O. The fourth-order valence-corrected chi connectivity index (χ4v) is 1.69. The zero-order valence-electron chi connectivity index (χ0n) is 10.7. The van der Waals surface area contributed by atoms with E-state index in [-0.39, 0.29) is 11.5 Å². The Balaban J connectivity index is 1.90. The Morgan fingerprint density at radius 3 is 2.21 bits per heavy atom. The van der Waals surface area contributed by atoms with Crippen molar-refractivity contribution in [3.05, 3.63) is 53.6 Å². The van der Waals surface area contributed by atoms with E-state index >= 15 is 0 Å². The highest BCUT2D eigenvalue weighted by Gasteiger charge is 2.03. The van der Waals surface area contributed by atoms with E-state index in [2.05, 4.69) is 0 Å². The van der Waals surface area contributed by atoms with Crippen LogP contribution in [0.2, 0.25) is 0 Å². The number of benzene rings is 2. The predicted molar refractivity (Wildman–Crippen MR) is 71.3 cm³/mol. The van der Waals surface area contributed by atoms with Gasteiger partial charge in [0.1, 0.15) is 5.75 Å². The second-order valence-electron chi connectivity index (χ2n) is 4.17. The van der Waals surface area contributed by atoms with E-state index in [4.69, 9.17) is 14.6 Å². The van der Waals surface area contributed by atoms with Gasteiger partial charge in [-0.2, -0.15) is 0 Å². The molecule has 0 fully saturated rings. The van der Waals surface area contributed by atoms with Gasteiger partial charge in [-0.1, -0.05) is 18.2 Å².